The number of ether oxygens (including phenoxy) is 1. The van der Waals surface area contributed by atoms with Gasteiger partial charge in [0.1, 0.15) is 11.3 Å². The van der Waals surface area contributed by atoms with Gasteiger partial charge in [-0.1, -0.05) is 23.7 Å². The van der Waals surface area contributed by atoms with E-state index in [2.05, 4.69) is 0 Å². The van der Waals surface area contributed by atoms with Gasteiger partial charge in [-0.05, 0) is 57.0 Å². The molecule has 0 saturated carbocycles. The number of hydrogen-bond donors (Lipinski definition) is 0. The molecule has 0 bridgehead atoms. The standard InChI is InChI=1S/C24H26ClNO3/c1-6-26(7-2)22(27)12-15(3)19-13-20-21(17-8-10-18(25)11-9-17)14-29-24(20)16(4)23(19)28-5/h8-14H,6-7H2,1-5H3/b15-12+. The summed E-state index contributed by atoms with van der Waals surface area (Å²) in [6.45, 7) is 9.22. The summed E-state index contributed by atoms with van der Waals surface area (Å²) in [5.74, 6) is 0.716. The van der Waals surface area contributed by atoms with Gasteiger partial charge in [0.2, 0.25) is 5.91 Å². The second-order valence-electron chi connectivity index (χ2n) is 6.95. The SMILES string of the molecule is CCN(CC)C(=O)/C=C(\C)c1cc2c(-c3ccc(Cl)cc3)coc2c(C)c1OC. The van der Waals surface area contributed by atoms with Crippen LogP contribution in [0, 0.1) is 6.92 Å². The van der Waals surface area contributed by atoms with Crippen molar-refractivity contribution in [1.82, 2.24) is 4.90 Å². The van der Waals surface area contributed by atoms with Crippen LogP contribution in [0.2, 0.25) is 5.02 Å². The zero-order valence-electron chi connectivity index (χ0n) is 17.5. The summed E-state index contributed by atoms with van der Waals surface area (Å²) < 4.78 is 11.6. The van der Waals surface area contributed by atoms with Crippen LogP contribution < -0.4 is 4.74 Å². The van der Waals surface area contributed by atoms with Crippen molar-refractivity contribution in [2.75, 3.05) is 20.2 Å². The average Bonchev–Trinajstić information content (AvgIpc) is 3.13. The van der Waals surface area contributed by atoms with Crippen molar-refractivity contribution in [3.63, 3.8) is 0 Å². The number of amides is 1. The van der Waals surface area contributed by atoms with Crippen LogP contribution in [0.25, 0.3) is 27.7 Å². The monoisotopic (exact) mass is 411 g/mol. The maximum Gasteiger partial charge on any atom is 0.246 e. The molecule has 1 heterocycles. The second kappa shape index (κ2) is 8.75. The fourth-order valence-electron chi connectivity index (χ4n) is 3.61. The molecule has 5 heteroatoms. The van der Waals surface area contributed by atoms with Crippen molar-refractivity contribution in [2.45, 2.75) is 27.7 Å². The number of nitrogens with zero attached hydrogens (tertiary/aromatic N) is 1. The fraction of sp³-hybridized carbons (Fsp3) is 0.292. The molecule has 3 aromatic rings. The Morgan fingerprint density at radius 2 is 1.86 bits per heavy atom. The highest BCUT2D eigenvalue weighted by molar-refractivity contribution is 6.30. The number of hydrogen-bond acceptors (Lipinski definition) is 3. The van der Waals surface area contributed by atoms with E-state index in [1.165, 1.54) is 0 Å². The Labute approximate surface area is 176 Å². The number of aryl methyl sites for hydroxylation is 1. The normalized spacial score (nSPS) is 11.7. The van der Waals surface area contributed by atoms with Gasteiger partial charge in [0, 0.05) is 46.3 Å². The van der Waals surface area contributed by atoms with Crippen molar-refractivity contribution in [3.05, 3.63) is 58.8 Å². The molecule has 3 rings (SSSR count). The molecule has 0 radical (unpaired) electrons. The first kappa shape index (κ1) is 21.0. The van der Waals surface area contributed by atoms with E-state index in [1.807, 2.05) is 58.0 Å². The number of likely N-dealkylation sites (N-methyl/N-ethyl adjacent to an activating group) is 1. The van der Waals surface area contributed by atoms with Crippen LogP contribution >= 0.6 is 11.6 Å². The molecule has 2 aromatic carbocycles. The Balaban J connectivity index is 2.17. The number of carbonyl (C=O) groups is 1. The topological polar surface area (TPSA) is 42.7 Å². The minimum absolute atomic E-state index is 0.00239. The number of halogens is 1. The summed E-state index contributed by atoms with van der Waals surface area (Å²) in [7, 11) is 1.64. The molecule has 0 aliphatic rings. The molecule has 0 aliphatic carbocycles. The lowest BCUT2D eigenvalue weighted by molar-refractivity contribution is -0.125. The van der Waals surface area contributed by atoms with E-state index in [4.69, 9.17) is 20.8 Å². The average molecular weight is 412 g/mol. The maximum atomic E-state index is 12.6. The fourth-order valence-corrected chi connectivity index (χ4v) is 3.74. The van der Waals surface area contributed by atoms with Crippen LogP contribution in [0.5, 0.6) is 5.75 Å². The van der Waals surface area contributed by atoms with E-state index in [-0.39, 0.29) is 5.91 Å². The number of fused-ring (bicyclic) bond motifs is 1. The van der Waals surface area contributed by atoms with Gasteiger partial charge in [-0.3, -0.25) is 4.79 Å². The summed E-state index contributed by atoms with van der Waals surface area (Å²) >= 11 is 6.04. The zero-order chi connectivity index (χ0) is 21.1. The summed E-state index contributed by atoms with van der Waals surface area (Å²) in [6.07, 6.45) is 3.43. The molecule has 1 aromatic heterocycles. The minimum atomic E-state index is -0.00239. The molecule has 0 N–H and O–H groups in total. The molecule has 0 fully saturated rings. The van der Waals surface area contributed by atoms with Crippen LogP contribution in [0.4, 0.5) is 0 Å². The Morgan fingerprint density at radius 3 is 2.45 bits per heavy atom. The van der Waals surface area contributed by atoms with Crippen molar-refractivity contribution in [3.8, 4) is 16.9 Å². The Kier molecular flexibility index (Phi) is 6.33. The third kappa shape index (κ3) is 4.03. The van der Waals surface area contributed by atoms with E-state index in [0.29, 0.717) is 18.1 Å². The Morgan fingerprint density at radius 1 is 1.21 bits per heavy atom. The van der Waals surface area contributed by atoms with Crippen molar-refractivity contribution < 1.29 is 13.9 Å². The summed E-state index contributed by atoms with van der Waals surface area (Å²) in [5, 5.41) is 1.66. The third-order valence-electron chi connectivity index (χ3n) is 5.24. The lowest BCUT2D eigenvalue weighted by Gasteiger charge is -2.18. The third-order valence-corrected chi connectivity index (χ3v) is 5.50. The summed E-state index contributed by atoms with van der Waals surface area (Å²) in [6, 6.07) is 9.70. The smallest absolute Gasteiger partial charge is 0.246 e. The minimum Gasteiger partial charge on any atom is -0.496 e. The number of furan rings is 1. The van der Waals surface area contributed by atoms with Gasteiger partial charge < -0.3 is 14.1 Å². The molecule has 0 saturated heterocycles. The number of allylic oxidation sites excluding steroid dienone is 1. The molecule has 4 nitrogen and oxygen atoms in total. The second-order valence-corrected chi connectivity index (χ2v) is 7.39. The van der Waals surface area contributed by atoms with Gasteiger partial charge in [0.05, 0.1) is 13.4 Å². The van der Waals surface area contributed by atoms with Crippen LogP contribution in [0.15, 0.2) is 47.1 Å². The summed E-state index contributed by atoms with van der Waals surface area (Å²) in [4.78, 5) is 14.4. The summed E-state index contributed by atoms with van der Waals surface area (Å²) in [5.41, 5.74) is 5.42. The molecule has 0 aliphatic heterocycles. The predicted octanol–water partition coefficient (Wildman–Crippen LogP) is 6.34. The maximum absolute atomic E-state index is 12.6. The van der Waals surface area contributed by atoms with Gasteiger partial charge in [-0.15, -0.1) is 0 Å². The van der Waals surface area contributed by atoms with Crippen LogP contribution in [0.3, 0.4) is 0 Å². The van der Waals surface area contributed by atoms with Gasteiger partial charge in [-0.2, -0.15) is 0 Å². The van der Waals surface area contributed by atoms with Gasteiger partial charge >= 0.3 is 0 Å². The van der Waals surface area contributed by atoms with Gasteiger partial charge in [0.15, 0.2) is 0 Å². The highest BCUT2D eigenvalue weighted by Crippen LogP contribution is 2.40. The van der Waals surface area contributed by atoms with Crippen molar-refractivity contribution >= 4 is 34.1 Å². The number of benzene rings is 2. The zero-order valence-corrected chi connectivity index (χ0v) is 18.3. The highest BCUT2D eigenvalue weighted by Gasteiger charge is 2.19. The van der Waals surface area contributed by atoms with E-state index >= 15 is 0 Å². The molecule has 0 spiro atoms. The Hall–Kier alpha value is -2.72. The molecular formula is C24H26ClNO3. The highest BCUT2D eigenvalue weighted by atomic mass is 35.5. The van der Waals surface area contributed by atoms with Gasteiger partial charge in [-0.25, -0.2) is 0 Å². The van der Waals surface area contributed by atoms with Gasteiger partial charge in [0.25, 0.3) is 0 Å². The first-order valence-electron chi connectivity index (χ1n) is 9.73. The first-order valence-corrected chi connectivity index (χ1v) is 10.1. The number of carbonyl (C=O) groups excluding carboxylic acids is 1. The van der Waals surface area contributed by atoms with Crippen LogP contribution in [0.1, 0.15) is 31.9 Å². The predicted molar refractivity (Wildman–Crippen MR) is 120 cm³/mol. The molecular weight excluding hydrogens is 386 g/mol. The van der Waals surface area contributed by atoms with E-state index in [0.717, 1.165) is 44.5 Å². The van der Waals surface area contributed by atoms with Crippen molar-refractivity contribution in [2.24, 2.45) is 0 Å². The number of rotatable bonds is 6. The molecule has 0 atom stereocenters. The van der Waals surface area contributed by atoms with Crippen LogP contribution in [-0.4, -0.2) is 31.0 Å². The molecule has 152 valence electrons. The first-order chi connectivity index (χ1) is 13.9. The van der Waals surface area contributed by atoms with E-state index in [1.54, 1.807) is 24.3 Å². The quantitative estimate of drug-likeness (QED) is 0.444. The van der Waals surface area contributed by atoms with Crippen LogP contribution in [-0.2, 0) is 4.79 Å². The Bertz CT molecular complexity index is 1060. The number of methoxy groups -OCH3 is 1. The lowest BCUT2D eigenvalue weighted by atomic mass is 9.96. The van der Waals surface area contributed by atoms with Crippen molar-refractivity contribution in [1.29, 1.82) is 0 Å². The van der Waals surface area contributed by atoms with E-state index in [9.17, 15) is 4.79 Å². The van der Waals surface area contributed by atoms with E-state index < -0.39 is 0 Å². The largest absolute Gasteiger partial charge is 0.496 e. The molecule has 1 amide bonds. The lowest BCUT2D eigenvalue weighted by Crippen LogP contribution is -2.28. The molecule has 0 unspecified atom stereocenters. The molecule has 29 heavy (non-hydrogen) atoms.